The third-order valence-corrected chi connectivity index (χ3v) is 3.41. The number of benzene rings is 1. The van der Waals surface area contributed by atoms with Gasteiger partial charge in [0.15, 0.2) is 0 Å². The second-order valence-corrected chi connectivity index (χ2v) is 4.82. The van der Waals surface area contributed by atoms with Gasteiger partial charge < -0.3 is 14.4 Å². The number of hydrogen-bond donors (Lipinski definition) is 0. The van der Waals surface area contributed by atoms with Crippen molar-refractivity contribution in [3.63, 3.8) is 0 Å². The summed E-state index contributed by atoms with van der Waals surface area (Å²) in [5, 5.41) is 2.15. The van der Waals surface area contributed by atoms with Gasteiger partial charge in [0.1, 0.15) is 11.6 Å². The molecule has 0 aliphatic heterocycles. The second-order valence-electron chi connectivity index (χ2n) is 4.82. The predicted molar refractivity (Wildman–Crippen MR) is 82.8 cm³/mol. The van der Waals surface area contributed by atoms with E-state index in [1.54, 1.807) is 13.3 Å². The highest BCUT2D eigenvalue weighted by molar-refractivity contribution is 5.93. The SMILES string of the molecule is COC(=O)CCCN(C)c1nccc2cc(OC)ccc12. The highest BCUT2D eigenvalue weighted by Gasteiger charge is 2.09. The van der Waals surface area contributed by atoms with Crippen molar-refractivity contribution >= 4 is 22.6 Å². The smallest absolute Gasteiger partial charge is 0.305 e. The Hall–Kier alpha value is -2.30. The van der Waals surface area contributed by atoms with E-state index in [1.165, 1.54) is 7.11 Å². The minimum Gasteiger partial charge on any atom is -0.497 e. The van der Waals surface area contributed by atoms with Gasteiger partial charge in [0, 0.05) is 31.6 Å². The molecule has 0 radical (unpaired) electrons. The molecule has 21 heavy (non-hydrogen) atoms. The summed E-state index contributed by atoms with van der Waals surface area (Å²) in [5.41, 5.74) is 0. The highest BCUT2D eigenvalue weighted by atomic mass is 16.5. The Kier molecular flexibility index (Phi) is 4.98. The zero-order valence-electron chi connectivity index (χ0n) is 12.6. The summed E-state index contributed by atoms with van der Waals surface area (Å²) in [5.74, 6) is 1.55. The van der Waals surface area contributed by atoms with E-state index in [2.05, 4.69) is 14.6 Å². The molecule has 1 aromatic heterocycles. The molecule has 0 N–H and O–H groups in total. The molecule has 0 aliphatic carbocycles. The molecule has 1 aromatic carbocycles. The largest absolute Gasteiger partial charge is 0.497 e. The van der Waals surface area contributed by atoms with Crippen molar-refractivity contribution in [3.05, 3.63) is 30.5 Å². The Morgan fingerprint density at radius 3 is 2.81 bits per heavy atom. The Bertz CT molecular complexity index is 628. The number of pyridine rings is 1. The molecule has 2 aromatic rings. The Labute approximate surface area is 124 Å². The average Bonchev–Trinajstić information content (AvgIpc) is 2.53. The molecule has 5 heteroatoms. The van der Waals surface area contributed by atoms with Crippen LogP contribution in [-0.2, 0) is 9.53 Å². The first-order chi connectivity index (χ1) is 10.2. The Morgan fingerprint density at radius 1 is 1.29 bits per heavy atom. The van der Waals surface area contributed by atoms with Crippen LogP contribution in [0.25, 0.3) is 10.8 Å². The van der Waals surface area contributed by atoms with Crippen LogP contribution >= 0.6 is 0 Å². The zero-order chi connectivity index (χ0) is 15.2. The molecule has 0 amide bonds. The van der Waals surface area contributed by atoms with Crippen LogP contribution in [0.4, 0.5) is 5.82 Å². The van der Waals surface area contributed by atoms with Crippen LogP contribution in [0.5, 0.6) is 5.75 Å². The number of esters is 1. The molecule has 0 atom stereocenters. The fraction of sp³-hybridized carbons (Fsp3) is 0.375. The van der Waals surface area contributed by atoms with E-state index in [9.17, 15) is 4.79 Å². The van der Waals surface area contributed by atoms with Gasteiger partial charge in [-0.05, 0) is 36.1 Å². The summed E-state index contributed by atoms with van der Waals surface area (Å²) in [6.07, 6.45) is 2.94. The molecule has 0 saturated heterocycles. The van der Waals surface area contributed by atoms with E-state index < -0.39 is 0 Å². The molecule has 0 unspecified atom stereocenters. The van der Waals surface area contributed by atoms with Crippen LogP contribution in [0.3, 0.4) is 0 Å². The number of ether oxygens (including phenoxy) is 2. The summed E-state index contributed by atoms with van der Waals surface area (Å²) in [6, 6.07) is 7.88. The molecule has 112 valence electrons. The fourth-order valence-corrected chi connectivity index (χ4v) is 2.24. The average molecular weight is 288 g/mol. The number of fused-ring (bicyclic) bond motifs is 1. The van der Waals surface area contributed by atoms with Gasteiger partial charge in [0.2, 0.25) is 0 Å². The first kappa shape index (κ1) is 15.1. The number of anilines is 1. The van der Waals surface area contributed by atoms with Gasteiger partial charge in [-0.25, -0.2) is 4.98 Å². The van der Waals surface area contributed by atoms with Crippen LogP contribution in [0, 0.1) is 0 Å². The van der Waals surface area contributed by atoms with Crippen molar-refractivity contribution in [2.75, 3.05) is 32.7 Å². The van der Waals surface area contributed by atoms with Crippen LogP contribution in [0.15, 0.2) is 30.5 Å². The summed E-state index contributed by atoms with van der Waals surface area (Å²) < 4.78 is 9.89. The fourth-order valence-electron chi connectivity index (χ4n) is 2.24. The van der Waals surface area contributed by atoms with Gasteiger partial charge >= 0.3 is 5.97 Å². The number of carbonyl (C=O) groups is 1. The first-order valence-electron chi connectivity index (χ1n) is 6.86. The predicted octanol–water partition coefficient (Wildman–Crippen LogP) is 2.63. The maximum atomic E-state index is 11.1. The maximum absolute atomic E-state index is 11.1. The lowest BCUT2D eigenvalue weighted by Gasteiger charge is -2.19. The molecule has 0 saturated carbocycles. The van der Waals surface area contributed by atoms with Crippen molar-refractivity contribution in [2.24, 2.45) is 0 Å². The van der Waals surface area contributed by atoms with Crippen molar-refractivity contribution in [1.82, 2.24) is 4.98 Å². The summed E-state index contributed by atoms with van der Waals surface area (Å²) >= 11 is 0. The normalized spacial score (nSPS) is 10.4. The first-order valence-corrected chi connectivity index (χ1v) is 6.86. The van der Waals surface area contributed by atoms with E-state index in [0.717, 1.165) is 35.3 Å². The van der Waals surface area contributed by atoms with Gasteiger partial charge in [0.25, 0.3) is 0 Å². The summed E-state index contributed by atoms with van der Waals surface area (Å²) in [6.45, 7) is 0.743. The number of aromatic nitrogens is 1. The molecule has 2 rings (SSSR count). The number of hydrogen-bond acceptors (Lipinski definition) is 5. The molecular weight excluding hydrogens is 268 g/mol. The van der Waals surface area contributed by atoms with Crippen LogP contribution in [0.1, 0.15) is 12.8 Å². The van der Waals surface area contributed by atoms with Crippen LogP contribution in [0.2, 0.25) is 0 Å². The van der Waals surface area contributed by atoms with E-state index in [-0.39, 0.29) is 5.97 Å². The zero-order valence-corrected chi connectivity index (χ0v) is 12.6. The molecule has 0 aliphatic rings. The monoisotopic (exact) mass is 288 g/mol. The maximum Gasteiger partial charge on any atom is 0.305 e. The van der Waals surface area contributed by atoms with Gasteiger partial charge in [-0.2, -0.15) is 0 Å². The summed E-state index contributed by atoms with van der Waals surface area (Å²) in [4.78, 5) is 17.6. The van der Waals surface area contributed by atoms with Gasteiger partial charge in [-0.15, -0.1) is 0 Å². The highest BCUT2D eigenvalue weighted by Crippen LogP contribution is 2.27. The van der Waals surface area contributed by atoms with Gasteiger partial charge in [-0.1, -0.05) is 0 Å². The molecular formula is C16H20N2O3. The number of rotatable bonds is 6. The third kappa shape index (κ3) is 3.62. The van der Waals surface area contributed by atoms with E-state index in [0.29, 0.717) is 6.42 Å². The lowest BCUT2D eigenvalue weighted by molar-refractivity contribution is -0.140. The lowest BCUT2D eigenvalue weighted by atomic mass is 10.1. The van der Waals surface area contributed by atoms with Crippen LogP contribution in [-0.4, -0.2) is 38.8 Å². The van der Waals surface area contributed by atoms with Crippen molar-refractivity contribution < 1.29 is 14.3 Å². The van der Waals surface area contributed by atoms with E-state index in [4.69, 9.17) is 4.74 Å². The quantitative estimate of drug-likeness (QED) is 0.765. The standard InChI is InChI=1S/C16H20N2O3/c1-18(10-4-5-15(19)21-3)16-14-7-6-13(20-2)11-12(14)8-9-17-16/h6-9,11H,4-5,10H2,1-3H3. The van der Waals surface area contributed by atoms with Gasteiger partial charge in [-0.3, -0.25) is 4.79 Å². The number of methoxy groups -OCH3 is 2. The number of nitrogens with zero attached hydrogens (tertiary/aromatic N) is 2. The lowest BCUT2D eigenvalue weighted by Crippen LogP contribution is -2.20. The van der Waals surface area contributed by atoms with Gasteiger partial charge in [0.05, 0.1) is 14.2 Å². The minimum absolute atomic E-state index is 0.181. The topological polar surface area (TPSA) is 51.7 Å². The molecule has 0 spiro atoms. The van der Waals surface area contributed by atoms with E-state index >= 15 is 0 Å². The Balaban J connectivity index is 2.15. The van der Waals surface area contributed by atoms with E-state index in [1.807, 2.05) is 31.3 Å². The molecule has 0 fully saturated rings. The molecule has 1 heterocycles. The minimum atomic E-state index is -0.181. The summed E-state index contributed by atoms with van der Waals surface area (Å²) in [7, 11) is 5.04. The van der Waals surface area contributed by atoms with Crippen LogP contribution < -0.4 is 9.64 Å². The van der Waals surface area contributed by atoms with Crippen molar-refractivity contribution in [3.8, 4) is 5.75 Å². The number of carbonyl (C=O) groups excluding carboxylic acids is 1. The van der Waals surface area contributed by atoms with Crippen molar-refractivity contribution in [1.29, 1.82) is 0 Å². The molecule has 5 nitrogen and oxygen atoms in total. The third-order valence-electron chi connectivity index (χ3n) is 3.41. The Morgan fingerprint density at radius 2 is 2.10 bits per heavy atom. The van der Waals surface area contributed by atoms with Crippen molar-refractivity contribution in [2.45, 2.75) is 12.8 Å². The molecule has 0 bridgehead atoms. The second kappa shape index (κ2) is 6.92.